The Morgan fingerprint density at radius 3 is 2.95 bits per heavy atom. The third kappa shape index (κ3) is 3.33. The zero-order chi connectivity index (χ0) is 13.9. The molecule has 0 radical (unpaired) electrons. The van der Waals surface area contributed by atoms with Crippen LogP contribution in [0.25, 0.3) is 0 Å². The van der Waals surface area contributed by atoms with Crippen LogP contribution in [0, 0.1) is 5.82 Å². The highest BCUT2D eigenvalue weighted by Gasteiger charge is 2.20. The number of halogens is 1. The Morgan fingerprint density at radius 2 is 2.30 bits per heavy atom. The monoisotopic (exact) mass is 276 g/mol. The number of hydrogen-bond acceptors (Lipinski definition) is 4. The largest absolute Gasteiger partial charge is 0.484 e. The molecule has 5 nitrogen and oxygen atoms in total. The molecule has 106 valence electrons. The van der Waals surface area contributed by atoms with Crippen molar-refractivity contribution in [2.45, 2.75) is 32.0 Å². The lowest BCUT2D eigenvalue weighted by Gasteiger charge is -2.08. The minimum absolute atomic E-state index is 0.213. The van der Waals surface area contributed by atoms with Gasteiger partial charge < -0.3 is 10.1 Å². The van der Waals surface area contributed by atoms with E-state index in [0.717, 1.165) is 5.56 Å². The fourth-order valence-corrected chi connectivity index (χ4v) is 1.93. The number of nitrogens with one attached hydrogen (secondary N) is 1. The number of aryl methyl sites for hydroxylation is 1. The number of aromatic nitrogens is 3. The molecule has 6 heteroatoms. The van der Waals surface area contributed by atoms with E-state index in [2.05, 4.69) is 15.6 Å². The van der Waals surface area contributed by atoms with E-state index in [-0.39, 0.29) is 18.2 Å². The molecule has 0 saturated heterocycles. The van der Waals surface area contributed by atoms with Gasteiger partial charge in [0.15, 0.2) is 11.6 Å². The number of nitrogens with zero attached hydrogens (tertiary/aromatic N) is 3. The zero-order valence-corrected chi connectivity index (χ0v) is 11.3. The van der Waals surface area contributed by atoms with Crippen molar-refractivity contribution < 1.29 is 9.13 Å². The van der Waals surface area contributed by atoms with Crippen molar-refractivity contribution in [3.63, 3.8) is 0 Å². The summed E-state index contributed by atoms with van der Waals surface area (Å²) in [4.78, 5) is 0. The van der Waals surface area contributed by atoms with Crippen molar-refractivity contribution in [3.05, 3.63) is 41.5 Å². The first-order valence-corrected chi connectivity index (χ1v) is 6.70. The lowest BCUT2D eigenvalue weighted by atomic mass is 10.2. The summed E-state index contributed by atoms with van der Waals surface area (Å²) in [5.74, 6) is -0.102. The molecule has 1 aliphatic carbocycles. The molecule has 1 aliphatic rings. The molecule has 0 amide bonds. The molecule has 2 aromatic rings. The summed E-state index contributed by atoms with van der Waals surface area (Å²) in [6.45, 7) is 0.913. The standard InChI is InChI=1S/C14H17FN4O/c1-19-8-12(17-18-19)9-20-14-5-2-10(6-13(14)15)7-16-11-3-4-11/h2,5-6,8,11,16H,3-4,7,9H2,1H3. The Labute approximate surface area is 116 Å². The Balaban J connectivity index is 1.58. The van der Waals surface area contributed by atoms with Crippen LogP contribution < -0.4 is 10.1 Å². The molecule has 0 spiro atoms. The van der Waals surface area contributed by atoms with Gasteiger partial charge in [-0.15, -0.1) is 5.10 Å². The van der Waals surface area contributed by atoms with Crippen molar-refractivity contribution in [2.24, 2.45) is 7.05 Å². The highest BCUT2D eigenvalue weighted by atomic mass is 19.1. The van der Waals surface area contributed by atoms with Crippen molar-refractivity contribution >= 4 is 0 Å². The molecule has 3 rings (SSSR count). The van der Waals surface area contributed by atoms with E-state index in [1.165, 1.54) is 18.9 Å². The van der Waals surface area contributed by atoms with Crippen LogP contribution in [-0.2, 0) is 20.2 Å². The molecule has 1 aromatic carbocycles. The topological polar surface area (TPSA) is 52.0 Å². The normalized spacial score (nSPS) is 14.5. The van der Waals surface area contributed by atoms with Crippen LogP contribution in [0.5, 0.6) is 5.75 Å². The minimum Gasteiger partial charge on any atom is -0.484 e. The van der Waals surface area contributed by atoms with Gasteiger partial charge in [0.25, 0.3) is 0 Å². The zero-order valence-electron chi connectivity index (χ0n) is 11.3. The van der Waals surface area contributed by atoms with E-state index in [1.807, 2.05) is 6.07 Å². The maximum Gasteiger partial charge on any atom is 0.165 e. The predicted octanol–water partition coefficient (Wildman–Crippen LogP) is 1.79. The Morgan fingerprint density at radius 1 is 1.45 bits per heavy atom. The molecule has 1 heterocycles. The van der Waals surface area contributed by atoms with E-state index in [9.17, 15) is 4.39 Å². The SMILES string of the molecule is Cn1cc(COc2ccc(CNC3CC3)cc2F)nn1. The van der Waals surface area contributed by atoms with Gasteiger partial charge in [0.05, 0.1) is 6.20 Å². The van der Waals surface area contributed by atoms with Gasteiger partial charge in [-0.2, -0.15) is 0 Å². The van der Waals surface area contributed by atoms with Gasteiger partial charge in [-0.05, 0) is 30.5 Å². The Hall–Kier alpha value is -1.95. The molecule has 1 N–H and O–H groups in total. The molecule has 0 bridgehead atoms. The molecule has 1 aromatic heterocycles. The fourth-order valence-electron chi connectivity index (χ4n) is 1.93. The van der Waals surface area contributed by atoms with Crippen LogP contribution in [0.1, 0.15) is 24.1 Å². The lowest BCUT2D eigenvalue weighted by molar-refractivity contribution is 0.285. The first-order chi connectivity index (χ1) is 9.70. The molecule has 0 atom stereocenters. The lowest BCUT2D eigenvalue weighted by Crippen LogP contribution is -2.15. The molecule has 1 saturated carbocycles. The second kappa shape index (κ2) is 5.58. The van der Waals surface area contributed by atoms with Crippen LogP contribution in [0.3, 0.4) is 0 Å². The van der Waals surface area contributed by atoms with E-state index >= 15 is 0 Å². The van der Waals surface area contributed by atoms with E-state index < -0.39 is 0 Å². The molecule has 0 aliphatic heterocycles. The maximum atomic E-state index is 13.9. The summed E-state index contributed by atoms with van der Waals surface area (Å²) < 4.78 is 20.9. The molecular weight excluding hydrogens is 259 g/mol. The number of benzene rings is 1. The smallest absolute Gasteiger partial charge is 0.165 e. The first kappa shape index (κ1) is 13.1. The third-order valence-electron chi connectivity index (χ3n) is 3.19. The summed E-state index contributed by atoms with van der Waals surface area (Å²) in [5.41, 5.74) is 1.60. The average molecular weight is 276 g/mol. The molecule has 1 fully saturated rings. The highest BCUT2D eigenvalue weighted by molar-refractivity contribution is 5.29. The minimum atomic E-state index is -0.344. The second-order valence-electron chi connectivity index (χ2n) is 5.09. The first-order valence-electron chi connectivity index (χ1n) is 6.70. The summed E-state index contributed by atoms with van der Waals surface area (Å²) in [6, 6.07) is 5.67. The van der Waals surface area contributed by atoms with Crippen LogP contribution in [0.15, 0.2) is 24.4 Å². The molecule has 20 heavy (non-hydrogen) atoms. The summed E-state index contributed by atoms with van der Waals surface area (Å²) in [5, 5.41) is 11.0. The highest BCUT2D eigenvalue weighted by Crippen LogP contribution is 2.22. The summed E-state index contributed by atoms with van der Waals surface area (Å²) in [7, 11) is 1.78. The van der Waals surface area contributed by atoms with Gasteiger partial charge in [-0.25, -0.2) is 4.39 Å². The quantitative estimate of drug-likeness (QED) is 0.874. The molecular formula is C14H17FN4O. The third-order valence-corrected chi connectivity index (χ3v) is 3.19. The van der Waals surface area contributed by atoms with E-state index in [0.29, 0.717) is 18.3 Å². The number of rotatable bonds is 6. The van der Waals surface area contributed by atoms with Crippen LogP contribution in [0.4, 0.5) is 4.39 Å². The van der Waals surface area contributed by atoms with Gasteiger partial charge in [0, 0.05) is 19.6 Å². The predicted molar refractivity (Wildman–Crippen MR) is 71.6 cm³/mol. The average Bonchev–Trinajstić information content (AvgIpc) is 3.17. The van der Waals surface area contributed by atoms with Gasteiger partial charge in [-0.1, -0.05) is 11.3 Å². The maximum absolute atomic E-state index is 13.9. The van der Waals surface area contributed by atoms with E-state index in [1.54, 1.807) is 24.0 Å². The Kier molecular flexibility index (Phi) is 3.64. The van der Waals surface area contributed by atoms with Gasteiger partial charge >= 0.3 is 0 Å². The number of ether oxygens (including phenoxy) is 1. The van der Waals surface area contributed by atoms with Crippen LogP contribution >= 0.6 is 0 Å². The van der Waals surface area contributed by atoms with Gasteiger partial charge in [-0.3, -0.25) is 4.68 Å². The fraction of sp³-hybridized carbons (Fsp3) is 0.429. The van der Waals surface area contributed by atoms with Crippen molar-refractivity contribution in [3.8, 4) is 5.75 Å². The van der Waals surface area contributed by atoms with E-state index in [4.69, 9.17) is 4.74 Å². The van der Waals surface area contributed by atoms with Gasteiger partial charge in [0.1, 0.15) is 12.3 Å². The van der Waals surface area contributed by atoms with Crippen LogP contribution in [-0.4, -0.2) is 21.0 Å². The summed E-state index contributed by atoms with van der Waals surface area (Å²) >= 11 is 0. The van der Waals surface area contributed by atoms with Crippen LogP contribution in [0.2, 0.25) is 0 Å². The Bertz CT molecular complexity index is 595. The number of hydrogen-bond donors (Lipinski definition) is 1. The van der Waals surface area contributed by atoms with Crippen molar-refractivity contribution in [1.82, 2.24) is 20.3 Å². The molecule has 0 unspecified atom stereocenters. The van der Waals surface area contributed by atoms with Crippen molar-refractivity contribution in [2.75, 3.05) is 0 Å². The van der Waals surface area contributed by atoms with Crippen molar-refractivity contribution in [1.29, 1.82) is 0 Å². The summed E-state index contributed by atoms with van der Waals surface area (Å²) in [6.07, 6.45) is 4.19. The van der Waals surface area contributed by atoms with Gasteiger partial charge in [0.2, 0.25) is 0 Å². The second-order valence-corrected chi connectivity index (χ2v) is 5.09.